The lowest BCUT2D eigenvalue weighted by molar-refractivity contribution is 0.143. The fourth-order valence-electron chi connectivity index (χ4n) is 3.71. The molecule has 1 aliphatic heterocycles. The number of ether oxygens (including phenoxy) is 1. The number of amides is 1. The molecule has 0 saturated carbocycles. The van der Waals surface area contributed by atoms with E-state index in [1.165, 1.54) is 18.5 Å². The van der Waals surface area contributed by atoms with Gasteiger partial charge in [0.05, 0.1) is 12.9 Å². The molecule has 10 heteroatoms. The molecule has 178 valence electrons. The molecule has 0 spiro atoms. The highest BCUT2D eigenvalue weighted by Crippen LogP contribution is 2.21. The van der Waals surface area contributed by atoms with Crippen LogP contribution in [-0.2, 0) is 17.8 Å². The highest BCUT2D eigenvalue weighted by atomic mass is 35.5. The second-order valence-electron chi connectivity index (χ2n) is 7.55. The lowest BCUT2D eigenvalue weighted by Crippen LogP contribution is -2.24. The number of fused-ring (bicyclic) bond motifs is 1. The monoisotopic (exact) mass is 473 g/mol. The predicted octanol–water partition coefficient (Wildman–Crippen LogP) is 4.39. The van der Waals surface area contributed by atoms with E-state index in [2.05, 4.69) is 37.3 Å². The second kappa shape index (κ2) is 12.2. The topological polar surface area (TPSA) is 111 Å². The molecule has 1 aromatic carbocycles. The number of benzene rings is 1. The average Bonchev–Trinajstić information content (AvgIpc) is 3.50. The van der Waals surface area contributed by atoms with Crippen molar-refractivity contribution in [3.63, 3.8) is 0 Å². The smallest absolute Gasteiger partial charge is 0.407 e. The summed E-state index contributed by atoms with van der Waals surface area (Å²) in [5.41, 5.74) is 9.23. The van der Waals surface area contributed by atoms with Crippen LogP contribution < -0.4 is 16.0 Å². The molecule has 3 heterocycles. The Labute approximate surface area is 199 Å². The molecule has 3 aromatic rings. The van der Waals surface area contributed by atoms with Gasteiger partial charge >= 0.3 is 6.09 Å². The maximum Gasteiger partial charge on any atom is 0.407 e. The number of unbranched alkanes of at least 4 members (excludes halogenated alkanes) is 1. The second-order valence-corrected chi connectivity index (χ2v) is 7.89. The van der Waals surface area contributed by atoms with Crippen molar-refractivity contribution < 1.29 is 9.53 Å². The molecule has 0 bridgehead atoms. The van der Waals surface area contributed by atoms with Gasteiger partial charge in [0.15, 0.2) is 11.5 Å². The van der Waals surface area contributed by atoms with Gasteiger partial charge < -0.3 is 25.3 Å². The highest BCUT2D eigenvalue weighted by Gasteiger charge is 2.13. The predicted molar refractivity (Wildman–Crippen MR) is 131 cm³/mol. The number of nitrogens with one attached hydrogen (secondary N) is 1. The van der Waals surface area contributed by atoms with Gasteiger partial charge in [0.25, 0.3) is 0 Å². The van der Waals surface area contributed by atoms with Crippen molar-refractivity contribution in [2.75, 3.05) is 30.3 Å². The number of hydrogen-bond acceptors (Lipinski definition) is 7. The third-order valence-corrected chi connectivity index (χ3v) is 5.48. The Kier molecular flexibility index (Phi) is 9.12. The summed E-state index contributed by atoms with van der Waals surface area (Å²) < 4.78 is 7.15. The van der Waals surface area contributed by atoms with Crippen molar-refractivity contribution in [1.29, 1.82) is 0 Å². The van der Waals surface area contributed by atoms with E-state index in [0.717, 1.165) is 25.1 Å². The number of aryl methyl sites for hydroxylation is 1. The summed E-state index contributed by atoms with van der Waals surface area (Å²) in [6, 6.07) is 8.29. The van der Waals surface area contributed by atoms with Crippen LogP contribution in [0, 0.1) is 0 Å². The first-order valence-electron chi connectivity index (χ1n) is 11.5. The van der Waals surface area contributed by atoms with Crippen LogP contribution in [0.4, 0.5) is 16.3 Å². The van der Waals surface area contributed by atoms with E-state index < -0.39 is 6.09 Å². The van der Waals surface area contributed by atoms with Gasteiger partial charge in [-0.1, -0.05) is 26.0 Å². The number of carbonyl (C=O) groups is 1. The van der Waals surface area contributed by atoms with Crippen LogP contribution in [-0.4, -0.2) is 45.3 Å². The fourth-order valence-corrected chi connectivity index (χ4v) is 3.89. The molecular formula is C23H32ClN7O2. The molecule has 9 nitrogen and oxygen atoms in total. The number of nitrogens with two attached hydrogens (primary N) is 1. The van der Waals surface area contributed by atoms with E-state index in [1.807, 2.05) is 30.5 Å². The first-order chi connectivity index (χ1) is 16.1. The highest BCUT2D eigenvalue weighted by molar-refractivity contribution is 6.28. The minimum absolute atomic E-state index is 0.0951. The van der Waals surface area contributed by atoms with Gasteiger partial charge in [0.1, 0.15) is 5.52 Å². The van der Waals surface area contributed by atoms with E-state index >= 15 is 0 Å². The van der Waals surface area contributed by atoms with Crippen LogP contribution in [0.2, 0.25) is 5.28 Å². The standard InChI is InChI=1S/C21H26ClN7O2.C2H6/c22-20-26-18(23)17-19(27-20)29(14-25-17)10-3-4-11-31-21(30)24-13-15-6-5-7-16(12-15)28-8-1-2-9-28;1-2/h5-7,12,14H,1-4,8-11,13H2,(H,24,30)(H2,23,26,27);1-2H3. The van der Waals surface area contributed by atoms with Crippen molar-refractivity contribution in [3.05, 3.63) is 41.4 Å². The van der Waals surface area contributed by atoms with E-state index in [0.29, 0.717) is 37.3 Å². The first-order valence-corrected chi connectivity index (χ1v) is 11.9. The molecular weight excluding hydrogens is 442 g/mol. The van der Waals surface area contributed by atoms with Gasteiger partial charge in [-0.3, -0.25) is 0 Å². The Bertz CT molecular complexity index is 1050. The molecule has 1 amide bonds. The van der Waals surface area contributed by atoms with Gasteiger partial charge in [0, 0.05) is 31.9 Å². The Balaban J connectivity index is 0.00000149. The summed E-state index contributed by atoms with van der Waals surface area (Å²) >= 11 is 5.88. The number of hydrogen-bond donors (Lipinski definition) is 2. The molecule has 1 fully saturated rings. The lowest BCUT2D eigenvalue weighted by atomic mass is 10.2. The maximum absolute atomic E-state index is 12.0. The fraction of sp³-hybridized carbons (Fsp3) is 0.478. The Morgan fingerprint density at radius 1 is 1.21 bits per heavy atom. The zero-order chi connectivity index (χ0) is 23.6. The van der Waals surface area contributed by atoms with Crippen molar-refractivity contribution >= 4 is 40.4 Å². The summed E-state index contributed by atoms with van der Waals surface area (Å²) in [5.74, 6) is 0.264. The van der Waals surface area contributed by atoms with Gasteiger partial charge in [-0.05, 0) is 55.0 Å². The summed E-state index contributed by atoms with van der Waals surface area (Å²) in [7, 11) is 0. The number of alkyl carbamates (subject to hydrolysis) is 1. The minimum atomic E-state index is -0.410. The van der Waals surface area contributed by atoms with Gasteiger partial charge in [-0.15, -0.1) is 0 Å². The maximum atomic E-state index is 12.0. The Hall–Kier alpha value is -3.07. The summed E-state index contributed by atoms with van der Waals surface area (Å²) in [6.07, 6.45) is 5.23. The molecule has 0 aliphatic carbocycles. The van der Waals surface area contributed by atoms with Gasteiger partial charge in [-0.2, -0.15) is 9.97 Å². The van der Waals surface area contributed by atoms with Crippen molar-refractivity contribution in [2.24, 2.45) is 0 Å². The number of aromatic nitrogens is 4. The summed E-state index contributed by atoms with van der Waals surface area (Å²) in [6.45, 7) is 7.65. The molecule has 4 rings (SSSR count). The number of imidazole rings is 1. The third kappa shape index (κ3) is 6.71. The molecule has 0 unspecified atom stereocenters. The lowest BCUT2D eigenvalue weighted by Gasteiger charge is -2.18. The van der Waals surface area contributed by atoms with E-state index in [-0.39, 0.29) is 11.1 Å². The normalized spacial score (nSPS) is 13.0. The van der Waals surface area contributed by atoms with Crippen LogP contribution in [0.25, 0.3) is 11.2 Å². The van der Waals surface area contributed by atoms with Gasteiger partial charge in [0.2, 0.25) is 5.28 Å². The number of halogens is 1. The molecule has 0 atom stereocenters. The molecule has 2 aromatic heterocycles. The minimum Gasteiger partial charge on any atom is -0.450 e. The summed E-state index contributed by atoms with van der Waals surface area (Å²) in [5, 5.41) is 2.91. The number of nitrogen functional groups attached to an aromatic ring is 1. The van der Waals surface area contributed by atoms with Crippen LogP contribution >= 0.6 is 11.6 Å². The quantitative estimate of drug-likeness (QED) is 0.368. The van der Waals surface area contributed by atoms with E-state index in [9.17, 15) is 4.79 Å². The van der Waals surface area contributed by atoms with Gasteiger partial charge in [-0.25, -0.2) is 9.78 Å². The number of carbonyl (C=O) groups excluding carboxylic acids is 1. The molecule has 3 N–H and O–H groups in total. The third-order valence-electron chi connectivity index (χ3n) is 5.31. The Morgan fingerprint density at radius 3 is 2.79 bits per heavy atom. The van der Waals surface area contributed by atoms with Crippen molar-refractivity contribution in [3.8, 4) is 0 Å². The number of rotatable bonds is 8. The van der Waals surface area contributed by atoms with E-state index in [4.69, 9.17) is 22.1 Å². The largest absolute Gasteiger partial charge is 0.450 e. The van der Waals surface area contributed by atoms with E-state index in [1.54, 1.807) is 6.33 Å². The van der Waals surface area contributed by atoms with Crippen molar-refractivity contribution in [2.45, 2.75) is 52.6 Å². The molecule has 1 saturated heterocycles. The molecule has 1 aliphatic rings. The van der Waals surface area contributed by atoms with Crippen LogP contribution in [0.1, 0.15) is 45.1 Å². The van der Waals surface area contributed by atoms with Crippen LogP contribution in [0.3, 0.4) is 0 Å². The van der Waals surface area contributed by atoms with Crippen LogP contribution in [0.15, 0.2) is 30.6 Å². The Morgan fingerprint density at radius 2 is 2.00 bits per heavy atom. The van der Waals surface area contributed by atoms with Crippen LogP contribution in [0.5, 0.6) is 0 Å². The average molecular weight is 474 g/mol. The summed E-state index contributed by atoms with van der Waals surface area (Å²) in [4.78, 5) is 26.7. The number of nitrogens with zero attached hydrogens (tertiary/aromatic N) is 5. The zero-order valence-electron chi connectivity index (χ0n) is 19.3. The molecule has 33 heavy (non-hydrogen) atoms. The number of anilines is 2. The first kappa shape index (κ1) is 24.6. The SMILES string of the molecule is CC.Nc1nc(Cl)nc2c1ncn2CCCCOC(=O)NCc1cccc(N2CCCC2)c1. The molecule has 0 radical (unpaired) electrons. The van der Waals surface area contributed by atoms with Crippen molar-refractivity contribution in [1.82, 2.24) is 24.8 Å². The zero-order valence-corrected chi connectivity index (χ0v) is 20.0.